The second kappa shape index (κ2) is 7.99. The molecule has 1 saturated carbocycles. The molecule has 0 amide bonds. The fraction of sp³-hybridized carbons (Fsp3) is 0.588. The number of rotatable bonds is 5. The molecule has 3 N–H and O–H groups in total. The number of aliphatic imine (C=N–C) groups is 1. The van der Waals surface area contributed by atoms with Gasteiger partial charge >= 0.3 is 0 Å². The molecule has 7 nitrogen and oxygen atoms in total. The van der Waals surface area contributed by atoms with Gasteiger partial charge in [0.15, 0.2) is 11.7 Å². The number of hydrogen-bond acceptors (Lipinski definition) is 4. The predicted octanol–water partition coefficient (Wildman–Crippen LogP) is 2.70. The topological polar surface area (TPSA) is 91.1 Å². The predicted molar refractivity (Wildman–Crippen MR) is 93.5 cm³/mol. The second-order valence-corrected chi connectivity index (χ2v) is 6.29. The van der Waals surface area contributed by atoms with Crippen LogP contribution < -0.4 is 10.6 Å². The van der Waals surface area contributed by atoms with Crippen molar-refractivity contribution in [3.8, 4) is 11.6 Å². The lowest BCUT2D eigenvalue weighted by Gasteiger charge is -2.30. The van der Waals surface area contributed by atoms with Gasteiger partial charge in [0.25, 0.3) is 0 Å². The van der Waals surface area contributed by atoms with Gasteiger partial charge in [0.05, 0.1) is 12.8 Å². The molecule has 2 atom stereocenters. The van der Waals surface area contributed by atoms with Crippen molar-refractivity contribution in [2.45, 2.75) is 51.6 Å². The minimum absolute atomic E-state index is 0.503. The molecule has 0 saturated heterocycles. The quantitative estimate of drug-likeness (QED) is 0.579. The van der Waals surface area contributed by atoms with E-state index in [0.717, 1.165) is 17.7 Å². The van der Waals surface area contributed by atoms with E-state index in [0.29, 0.717) is 24.2 Å². The van der Waals surface area contributed by atoms with Crippen LogP contribution in [-0.4, -0.2) is 34.2 Å². The molecule has 1 aliphatic carbocycles. The van der Waals surface area contributed by atoms with Gasteiger partial charge < -0.3 is 15.1 Å². The lowest BCUT2D eigenvalue weighted by molar-refractivity contribution is 0.298. The molecule has 2 aromatic rings. The normalized spacial score (nSPS) is 21.7. The van der Waals surface area contributed by atoms with Crippen molar-refractivity contribution in [1.82, 2.24) is 25.8 Å². The van der Waals surface area contributed by atoms with Gasteiger partial charge in [0.1, 0.15) is 5.82 Å². The summed E-state index contributed by atoms with van der Waals surface area (Å²) in [6.45, 7) is 2.82. The van der Waals surface area contributed by atoms with E-state index in [1.54, 1.807) is 13.3 Å². The van der Waals surface area contributed by atoms with E-state index in [1.807, 2.05) is 12.1 Å². The van der Waals surface area contributed by atoms with Crippen molar-refractivity contribution in [1.29, 1.82) is 0 Å². The van der Waals surface area contributed by atoms with Gasteiger partial charge in [0, 0.05) is 13.1 Å². The summed E-state index contributed by atoms with van der Waals surface area (Å²) < 4.78 is 5.30. The largest absolute Gasteiger partial charge is 0.461 e. The van der Waals surface area contributed by atoms with E-state index in [-0.39, 0.29) is 0 Å². The van der Waals surface area contributed by atoms with E-state index < -0.39 is 0 Å². The Morgan fingerprint density at radius 1 is 1.46 bits per heavy atom. The molecule has 0 spiro atoms. The molecule has 24 heavy (non-hydrogen) atoms. The Balaban J connectivity index is 1.51. The average Bonchev–Trinajstić information content (AvgIpc) is 3.30. The maximum Gasteiger partial charge on any atom is 0.216 e. The number of nitrogens with zero attached hydrogens (tertiary/aromatic N) is 3. The highest BCUT2D eigenvalue weighted by Crippen LogP contribution is 2.26. The summed E-state index contributed by atoms with van der Waals surface area (Å²) in [6.07, 6.45) is 7.96. The molecular weight excluding hydrogens is 304 g/mol. The number of hydrogen-bond donors (Lipinski definition) is 3. The minimum Gasteiger partial charge on any atom is -0.461 e. The van der Waals surface area contributed by atoms with Crippen molar-refractivity contribution in [3.05, 3.63) is 24.2 Å². The van der Waals surface area contributed by atoms with Gasteiger partial charge in [-0.15, -0.1) is 5.10 Å². The van der Waals surface area contributed by atoms with E-state index >= 15 is 0 Å². The lowest BCUT2D eigenvalue weighted by Crippen LogP contribution is -2.45. The molecule has 1 aliphatic rings. The molecule has 0 aliphatic heterocycles. The van der Waals surface area contributed by atoms with Crippen LogP contribution in [0.3, 0.4) is 0 Å². The zero-order chi connectivity index (χ0) is 16.8. The molecule has 0 aromatic carbocycles. The first kappa shape index (κ1) is 16.5. The van der Waals surface area contributed by atoms with Crippen LogP contribution in [0.25, 0.3) is 11.6 Å². The van der Waals surface area contributed by atoms with Crippen LogP contribution in [0.2, 0.25) is 0 Å². The van der Waals surface area contributed by atoms with Crippen LogP contribution in [0.5, 0.6) is 0 Å². The molecule has 2 aromatic heterocycles. The average molecular weight is 330 g/mol. The highest BCUT2D eigenvalue weighted by Gasteiger charge is 2.21. The standard InChI is InChI=1S/C17H26N6O/c1-3-12-6-4-7-13(10-12)20-17(18-2)19-11-15-21-16(23-22-15)14-8-5-9-24-14/h5,8-9,12-13H,3-4,6-7,10-11H2,1-2H3,(H2,18,19,20)(H,21,22,23). The summed E-state index contributed by atoms with van der Waals surface area (Å²) in [4.78, 5) is 8.74. The van der Waals surface area contributed by atoms with Crippen LogP contribution in [0, 0.1) is 5.92 Å². The first-order valence-electron chi connectivity index (χ1n) is 8.70. The van der Waals surface area contributed by atoms with Crippen molar-refractivity contribution in [2.24, 2.45) is 10.9 Å². The SMILES string of the molecule is CCC1CCCC(NC(=NC)NCc2nc(-c3ccco3)n[nH]2)C1. The molecule has 0 bridgehead atoms. The molecule has 2 heterocycles. The Morgan fingerprint density at radius 2 is 2.38 bits per heavy atom. The first-order valence-corrected chi connectivity index (χ1v) is 8.70. The summed E-state index contributed by atoms with van der Waals surface area (Å²) in [5, 5.41) is 13.9. The lowest BCUT2D eigenvalue weighted by atomic mass is 9.84. The van der Waals surface area contributed by atoms with Crippen LogP contribution in [0.15, 0.2) is 27.8 Å². The Bertz CT molecular complexity index is 648. The number of aromatic amines is 1. The van der Waals surface area contributed by atoms with Gasteiger partial charge in [-0.1, -0.05) is 26.2 Å². The number of guanidine groups is 1. The highest BCUT2D eigenvalue weighted by molar-refractivity contribution is 5.79. The molecule has 7 heteroatoms. The van der Waals surface area contributed by atoms with Crippen LogP contribution in [0.1, 0.15) is 44.9 Å². The summed E-state index contributed by atoms with van der Waals surface area (Å²) in [5.41, 5.74) is 0. The van der Waals surface area contributed by atoms with Crippen molar-refractivity contribution in [3.63, 3.8) is 0 Å². The molecule has 3 rings (SSSR count). The van der Waals surface area contributed by atoms with Gasteiger partial charge in [-0.25, -0.2) is 4.98 Å². The number of nitrogens with one attached hydrogen (secondary N) is 3. The first-order chi connectivity index (χ1) is 11.8. The van der Waals surface area contributed by atoms with E-state index in [9.17, 15) is 0 Å². The summed E-state index contributed by atoms with van der Waals surface area (Å²) in [6, 6.07) is 4.17. The van der Waals surface area contributed by atoms with Gasteiger partial charge in [0.2, 0.25) is 5.82 Å². The Hall–Kier alpha value is -2.31. The summed E-state index contributed by atoms with van der Waals surface area (Å²) >= 11 is 0. The monoisotopic (exact) mass is 330 g/mol. The fourth-order valence-corrected chi connectivity index (χ4v) is 3.24. The van der Waals surface area contributed by atoms with Crippen LogP contribution >= 0.6 is 0 Å². The fourth-order valence-electron chi connectivity index (χ4n) is 3.24. The summed E-state index contributed by atoms with van der Waals surface area (Å²) in [5.74, 6) is 3.62. The molecular formula is C17H26N6O. The Morgan fingerprint density at radius 3 is 3.12 bits per heavy atom. The van der Waals surface area contributed by atoms with Crippen LogP contribution in [0.4, 0.5) is 0 Å². The van der Waals surface area contributed by atoms with Crippen LogP contribution in [-0.2, 0) is 6.54 Å². The maximum atomic E-state index is 5.30. The molecule has 130 valence electrons. The third-order valence-corrected chi connectivity index (χ3v) is 4.62. The van der Waals surface area contributed by atoms with Gasteiger partial charge in [-0.2, -0.15) is 0 Å². The summed E-state index contributed by atoms with van der Waals surface area (Å²) in [7, 11) is 1.80. The zero-order valence-electron chi connectivity index (χ0n) is 14.4. The van der Waals surface area contributed by atoms with Gasteiger partial charge in [-0.05, 0) is 30.9 Å². The third-order valence-electron chi connectivity index (χ3n) is 4.62. The minimum atomic E-state index is 0.503. The zero-order valence-corrected chi connectivity index (χ0v) is 14.4. The van der Waals surface area contributed by atoms with E-state index in [1.165, 1.54) is 32.1 Å². The molecule has 0 radical (unpaired) electrons. The van der Waals surface area contributed by atoms with Crippen molar-refractivity contribution in [2.75, 3.05) is 7.05 Å². The number of H-pyrrole nitrogens is 1. The van der Waals surface area contributed by atoms with E-state index in [4.69, 9.17) is 4.42 Å². The smallest absolute Gasteiger partial charge is 0.216 e. The Labute approximate surface area is 142 Å². The van der Waals surface area contributed by atoms with Gasteiger partial charge in [-0.3, -0.25) is 10.1 Å². The van der Waals surface area contributed by atoms with Crippen molar-refractivity contribution >= 4 is 5.96 Å². The Kier molecular flexibility index (Phi) is 5.51. The highest BCUT2D eigenvalue weighted by atomic mass is 16.3. The maximum absolute atomic E-state index is 5.30. The third kappa shape index (κ3) is 4.15. The van der Waals surface area contributed by atoms with E-state index in [2.05, 4.69) is 37.7 Å². The molecule has 2 unspecified atom stereocenters. The second-order valence-electron chi connectivity index (χ2n) is 6.29. The number of furan rings is 1. The van der Waals surface area contributed by atoms with Crippen molar-refractivity contribution < 1.29 is 4.42 Å². The number of aromatic nitrogens is 3. The molecule has 1 fully saturated rings.